The van der Waals surface area contributed by atoms with Crippen molar-refractivity contribution in [2.75, 3.05) is 36.4 Å². The molecule has 0 aromatic carbocycles. The van der Waals surface area contributed by atoms with Crippen LogP contribution in [0.2, 0.25) is 0 Å². The zero-order chi connectivity index (χ0) is 18.1. The van der Waals surface area contributed by atoms with Gasteiger partial charge in [0.05, 0.1) is 11.6 Å². The van der Waals surface area contributed by atoms with Gasteiger partial charge in [-0.15, -0.1) is 0 Å². The minimum absolute atomic E-state index is 0.323. The largest absolute Gasteiger partial charge is 0.367 e. The van der Waals surface area contributed by atoms with Crippen LogP contribution in [0.25, 0.3) is 11.0 Å². The molecule has 7 nitrogen and oxygen atoms in total. The quantitative estimate of drug-likeness (QED) is 0.908. The zero-order valence-corrected chi connectivity index (χ0v) is 16.3. The summed E-state index contributed by atoms with van der Waals surface area (Å²) in [5.41, 5.74) is 0.896. The summed E-state index contributed by atoms with van der Waals surface area (Å²) < 4.78 is 1.84. The second-order valence-corrected chi connectivity index (χ2v) is 7.99. The van der Waals surface area contributed by atoms with Crippen LogP contribution in [0.1, 0.15) is 46.0 Å². The average Bonchev–Trinajstić information content (AvgIpc) is 3.03. The van der Waals surface area contributed by atoms with Crippen molar-refractivity contribution in [1.82, 2.24) is 24.6 Å². The average molecular weight is 358 g/mol. The topological polar surface area (TPSA) is 62.1 Å². The molecule has 1 aliphatic heterocycles. The summed E-state index contributed by atoms with van der Waals surface area (Å²) in [5.74, 6) is 1.72. The Morgan fingerprint density at radius 1 is 1.04 bits per heavy atom. The highest BCUT2D eigenvalue weighted by molar-refractivity contribution is 5.87. The fraction of sp³-hybridized carbons (Fsp3) is 0.737. The molecule has 0 spiro atoms. The van der Waals surface area contributed by atoms with Gasteiger partial charge in [0.15, 0.2) is 5.65 Å². The maximum absolute atomic E-state index is 4.85. The number of nitrogens with one attached hydrogen (secondary N) is 1. The second-order valence-electron chi connectivity index (χ2n) is 7.99. The SMILES string of the molecule is CC(C)Nc1nc(N2CCN(C3CCCCC3)CC2)nc2c1cnn2C. The Hall–Kier alpha value is -1.89. The van der Waals surface area contributed by atoms with Gasteiger partial charge in [-0.05, 0) is 26.7 Å². The van der Waals surface area contributed by atoms with Gasteiger partial charge in [0.25, 0.3) is 0 Å². The number of hydrogen-bond donors (Lipinski definition) is 1. The Labute approximate surface area is 155 Å². The van der Waals surface area contributed by atoms with Gasteiger partial charge in [-0.3, -0.25) is 9.58 Å². The van der Waals surface area contributed by atoms with Gasteiger partial charge in [-0.1, -0.05) is 19.3 Å². The van der Waals surface area contributed by atoms with E-state index in [1.165, 1.54) is 32.1 Å². The molecule has 26 heavy (non-hydrogen) atoms. The first kappa shape index (κ1) is 17.5. The lowest BCUT2D eigenvalue weighted by molar-refractivity contribution is 0.147. The van der Waals surface area contributed by atoms with Crippen molar-refractivity contribution in [1.29, 1.82) is 0 Å². The van der Waals surface area contributed by atoms with E-state index in [2.05, 4.69) is 34.1 Å². The van der Waals surface area contributed by atoms with Gasteiger partial charge >= 0.3 is 0 Å². The van der Waals surface area contributed by atoms with Crippen molar-refractivity contribution in [2.45, 2.75) is 58.0 Å². The Morgan fingerprint density at radius 3 is 2.46 bits per heavy atom. The van der Waals surface area contributed by atoms with Crippen LogP contribution in [0.15, 0.2) is 6.20 Å². The summed E-state index contributed by atoms with van der Waals surface area (Å²) in [5, 5.41) is 8.82. The van der Waals surface area contributed by atoms with Crippen LogP contribution in [0.3, 0.4) is 0 Å². The number of nitrogens with zero attached hydrogens (tertiary/aromatic N) is 6. The molecule has 3 heterocycles. The lowest BCUT2D eigenvalue weighted by Gasteiger charge is -2.40. The molecule has 0 amide bonds. The third kappa shape index (κ3) is 3.49. The summed E-state index contributed by atoms with van der Waals surface area (Å²) in [6, 6.07) is 1.12. The van der Waals surface area contributed by atoms with Gasteiger partial charge in [0.2, 0.25) is 5.95 Å². The van der Waals surface area contributed by atoms with Crippen molar-refractivity contribution < 1.29 is 0 Å². The molecule has 0 bridgehead atoms. The molecule has 1 saturated carbocycles. The molecule has 2 aliphatic rings. The zero-order valence-electron chi connectivity index (χ0n) is 16.3. The molecule has 0 radical (unpaired) electrons. The van der Waals surface area contributed by atoms with Crippen LogP contribution in [-0.4, -0.2) is 62.9 Å². The van der Waals surface area contributed by atoms with E-state index in [9.17, 15) is 0 Å². The molecule has 1 saturated heterocycles. The van der Waals surface area contributed by atoms with Crippen LogP contribution < -0.4 is 10.2 Å². The number of rotatable bonds is 4. The minimum atomic E-state index is 0.323. The number of aromatic nitrogens is 4. The van der Waals surface area contributed by atoms with Crippen LogP contribution in [0, 0.1) is 0 Å². The Kier molecular flexibility index (Phi) is 4.98. The highest BCUT2D eigenvalue weighted by Crippen LogP contribution is 2.26. The van der Waals surface area contributed by atoms with Crippen molar-refractivity contribution in [3.8, 4) is 0 Å². The van der Waals surface area contributed by atoms with E-state index in [4.69, 9.17) is 9.97 Å². The first-order valence-electron chi connectivity index (χ1n) is 10.1. The fourth-order valence-electron chi connectivity index (χ4n) is 4.27. The number of anilines is 2. The number of aryl methyl sites for hydroxylation is 1. The third-order valence-corrected chi connectivity index (χ3v) is 5.69. The van der Waals surface area contributed by atoms with Gasteiger partial charge in [-0.2, -0.15) is 15.1 Å². The molecular formula is C19H31N7. The van der Waals surface area contributed by atoms with Gasteiger partial charge in [-0.25, -0.2) is 0 Å². The van der Waals surface area contributed by atoms with E-state index >= 15 is 0 Å². The maximum atomic E-state index is 4.85. The van der Waals surface area contributed by atoms with Crippen molar-refractivity contribution in [3.05, 3.63) is 6.20 Å². The van der Waals surface area contributed by atoms with Crippen LogP contribution in [-0.2, 0) is 7.05 Å². The molecule has 1 aliphatic carbocycles. The van der Waals surface area contributed by atoms with Crippen molar-refractivity contribution in [2.24, 2.45) is 7.05 Å². The molecule has 2 aromatic heterocycles. The van der Waals surface area contributed by atoms with E-state index in [0.29, 0.717) is 6.04 Å². The molecule has 142 valence electrons. The molecule has 7 heteroatoms. The van der Waals surface area contributed by atoms with Gasteiger partial charge in [0.1, 0.15) is 5.82 Å². The summed E-state index contributed by atoms with van der Waals surface area (Å²) in [7, 11) is 1.94. The molecule has 4 rings (SSSR count). The Bertz CT molecular complexity index is 740. The molecular weight excluding hydrogens is 326 g/mol. The fourth-order valence-corrected chi connectivity index (χ4v) is 4.27. The lowest BCUT2D eigenvalue weighted by atomic mass is 9.94. The minimum Gasteiger partial charge on any atom is -0.367 e. The predicted octanol–water partition coefficient (Wildman–Crippen LogP) is 2.64. The van der Waals surface area contributed by atoms with Crippen LogP contribution >= 0.6 is 0 Å². The van der Waals surface area contributed by atoms with E-state index in [1.807, 2.05) is 17.9 Å². The predicted molar refractivity (Wildman–Crippen MR) is 106 cm³/mol. The molecule has 0 unspecified atom stereocenters. The van der Waals surface area contributed by atoms with Gasteiger partial charge < -0.3 is 10.2 Å². The number of piperazine rings is 1. The second kappa shape index (κ2) is 7.39. The van der Waals surface area contributed by atoms with E-state index < -0.39 is 0 Å². The Balaban J connectivity index is 1.52. The number of hydrogen-bond acceptors (Lipinski definition) is 6. The standard InChI is InChI=1S/C19H31N7/c1-14(2)21-17-16-13-20-24(3)18(16)23-19(22-17)26-11-9-25(10-12-26)15-7-5-4-6-8-15/h13-15H,4-12H2,1-3H3,(H,21,22,23). The first-order valence-corrected chi connectivity index (χ1v) is 10.1. The molecule has 1 N–H and O–H groups in total. The van der Waals surface area contributed by atoms with Crippen molar-refractivity contribution in [3.63, 3.8) is 0 Å². The highest BCUT2D eigenvalue weighted by atomic mass is 15.4. The van der Waals surface area contributed by atoms with Crippen molar-refractivity contribution >= 4 is 22.8 Å². The smallest absolute Gasteiger partial charge is 0.229 e. The molecule has 2 aromatic rings. The summed E-state index contributed by atoms with van der Waals surface area (Å²) in [6.45, 7) is 8.50. The van der Waals surface area contributed by atoms with Crippen LogP contribution in [0.5, 0.6) is 0 Å². The lowest BCUT2D eigenvalue weighted by Crippen LogP contribution is -2.51. The van der Waals surface area contributed by atoms with Gasteiger partial charge in [0, 0.05) is 45.3 Å². The third-order valence-electron chi connectivity index (χ3n) is 5.69. The number of fused-ring (bicyclic) bond motifs is 1. The summed E-state index contributed by atoms with van der Waals surface area (Å²) in [6.07, 6.45) is 8.82. The molecule has 2 fully saturated rings. The van der Waals surface area contributed by atoms with E-state index in [1.54, 1.807) is 0 Å². The van der Waals surface area contributed by atoms with E-state index in [-0.39, 0.29) is 0 Å². The summed E-state index contributed by atoms with van der Waals surface area (Å²) >= 11 is 0. The maximum Gasteiger partial charge on any atom is 0.229 e. The monoisotopic (exact) mass is 357 g/mol. The highest BCUT2D eigenvalue weighted by Gasteiger charge is 2.26. The van der Waals surface area contributed by atoms with Crippen LogP contribution in [0.4, 0.5) is 11.8 Å². The Morgan fingerprint density at radius 2 is 1.77 bits per heavy atom. The normalized spacial score (nSPS) is 20.2. The van der Waals surface area contributed by atoms with E-state index in [0.717, 1.165) is 55.0 Å². The first-order chi connectivity index (χ1) is 12.6. The molecule has 0 atom stereocenters. The summed E-state index contributed by atoms with van der Waals surface area (Å²) in [4.78, 5) is 14.7.